The van der Waals surface area contributed by atoms with Crippen LogP contribution in [0.4, 0.5) is 0 Å². The standard InChI is InChI=1S/C24H29N2/c1-2-3-6-15-23(24-25-16-17-26-24)22(18-20-11-7-4-8-12-20)19-21-13-9-5-10-14-21/h4-5,7-14,16-17,22-23H,2-3,6,15,18-19H2,1H3/q+1. The first-order valence-corrected chi connectivity index (χ1v) is 9.88. The smallest absolute Gasteiger partial charge is 0.0965 e. The van der Waals surface area contributed by atoms with Gasteiger partial charge < -0.3 is 0 Å². The van der Waals surface area contributed by atoms with Crippen molar-refractivity contribution in [2.45, 2.75) is 45.4 Å². The molecule has 2 nitrogen and oxygen atoms in total. The second kappa shape index (κ2) is 9.96. The molecule has 0 aliphatic carbocycles. The highest BCUT2D eigenvalue weighted by molar-refractivity contribution is 6.18. The molecule has 0 fully saturated rings. The maximum atomic E-state index is 4.59. The van der Waals surface area contributed by atoms with Gasteiger partial charge in [-0.05, 0) is 36.3 Å². The molecule has 2 heteroatoms. The number of nitrogens with zero attached hydrogens (tertiary/aromatic N) is 2. The minimum atomic E-state index is 0.414. The normalized spacial score (nSPS) is 14.3. The van der Waals surface area contributed by atoms with Gasteiger partial charge in [0.25, 0.3) is 0 Å². The molecule has 0 saturated heterocycles. The lowest BCUT2D eigenvalue weighted by atomic mass is 9.78. The van der Waals surface area contributed by atoms with Crippen molar-refractivity contribution >= 4 is 12.4 Å². The second-order valence-corrected chi connectivity index (χ2v) is 7.16. The van der Waals surface area contributed by atoms with E-state index in [1.54, 1.807) is 0 Å². The Labute approximate surface area is 158 Å². The Bertz CT molecular complexity index is 637. The first kappa shape index (κ1) is 18.4. The summed E-state index contributed by atoms with van der Waals surface area (Å²) in [5.74, 6) is 0.927. The highest BCUT2D eigenvalue weighted by Gasteiger charge is 2.35. The van der Waals surface area contributed by atoms with Crippen molar-refractivity contribution in [2.75, 3.05) is 0 Å². The summed E-state index contributed by atoms with van der Waals surface area (Å²) >= 11 is 0. The van der Waals surface area contributed by atoms with Crippen molar-refractivity contribution in [1.82, 2.24) is 0 Å². The van der Waals surface area contributed by atoms with Crippen molar-refractivity contribution in [2.24, 2.45) is 21.8 Å². The quantitative estimate of drug-likeness (QED) is 0.377. The molecule has 0 bridgehead atoms. The van der Waals surface area contributed by atoms with Gasteiger partial charge in [-0.2, -0.15) is 0 Å². The summed E-state index contributed by atoms with van der Waals surface area (Å²) in [6, 6.07) is 21.7. The van der Waals surface area contributed by atoms with E-state index in [9.17, 15) is 0 Å². The molecule has 134 valence electrons. The number of hydrogen-bond acceptors (Lipinski definition) is 2. The molecule has 0 N–H and O–H groups in total. The van der Waals surface area contributed by atoms with Gasteiger partial charge in [0.15, 0.2) is 12.4 Å². The highest BCUT2D eigenvalue weighted by atomic mass is 15.0. The van der Waals surface area contributed by atoms with Crippen LogP contribution in [0.15, 0.2) is 70.6 Å². The largest absolute Gasteiger partial charge is 0.244 e. The first-order chi connectivity index (χ1) is 12.9. The molecular weight excluding hydrogens is 316 g/mol. The van der Waals surface area contributed by atoms with E-state index in [0.29, 0.717) is 11.8 Å². The summed E-state index contributed by atoms with van der Waals surface area (Å²) < 4.78 is 0. The van der Waals surface area contributed by atoms with Gasteiger partial charge >= 0.3 is 0 Å². The summed E-state index contributed by atoms with van der Waals surface area (Å²) in [7, 11) is 0. The van der Waals surface area contributed by atoms with Crippen LogP contribution < -0.4 is 0 Å². The van der Waals surface area contributed by atoms with Gasteiger partial charge in [-0.3, -0.25) is 0 Å². The van der Waals surface area contributed by atoms with Gasteiger partial charge in [0, 0.05) is 0 Å². The maximum absolute atomic E-state index is 4.59. The number of aliphatic imine (C=N–C) groups is 2. The Balaban J connectivity index is 1.81. The van der Waals surface area contributed by atoms with Crippen LogP contribution in [-0.4, -0.2) is 12.4 Å². The topological polar surface area (TPSA) is 24.7 Å². The Morgan fingerprint density at radius 1 is 0.769 bits per heavy atom. The number of hydrogen-bond donors (Lipinski definition) is 0. The second-order valence-electron chi connectivity index (χ2n) is 7.16. The Morgan fingerprint density at radius 2 is 1.31 bits per heavy atom. The zero-order chi connectivity index (χ0) is 18.0. The molecule has 1 aliphatic rings. The van der Waals surface area contributed by atoms with Gasteiger partial charge in [0.1, 0.15) is 0 Å². The molecule has 1 heterocycles. The molecule has 2 aromatic carbocycles. The minimum absolute atomic E-state index is 0.414. The van der Waals surface area contributed by atoms with Crippen molar-refractivity contribution in [3.63, 3.8) is 0 Å². The van der Waals surface area contributed by atoms with E-state index in [2.05, 4.69) is 77.6 Å². The van der Waals surface area contributed by atoms with Crippen molar-refractivity contribution in [1.29, 1.82) is 0 Å². The van der Waals surface area contributed by atoms with Crippen LogP contribution >= 0.6 is 0 Å². The molecule has 0 aromatic heterocycles. The monoisotopic (exact) mass is 345 g/mol. The fourth-order valence-corrected chi connectivity index (χ4v) is 3.82. The van der Waals surface area contributed by atoms with Crippen molar-refractivity contribution in [3.05, 3.63) is 78.0 Å². The Kier molecular flexibility index (Phi) is 7.06. The zero-order valence-corrected chi connectivity index (χ0v) is 15.7. The molecule has 1 aliphatic heterocycles. The molecule has 0 saturated carbocycles. The Hall–Kier alpha value is -2.35. The molecular formula is C24H29N2+. The lowest BCUT2D eigenvalue weighted by Crippen LogP contribution is -2.24. The zero-order valence-electron chi connectivity index (χ0n) is 15.7. The molecule has 0 radical (unpaired) electrons. The average Bonchev–Trinajstić information content (AvgIpc) is 3.21. The van der Waals surface area contributed by atoms with E-state index in [0.717, 1.165) is 19.0 Å². The molecule has 1 unspecified atom stereocenters. The molecule has 0 amide bonds. The van der Waals surface area contributed by atoms with Crippen LogP contribution in [0.25, 0.3) is 0 Å². The predicted octanol–water partition coefficient (Wildman–Crippen LogP) is 5.93. The van der Waals surface area contributed by atoms with E-state index in [1.807, 2.05) is 12.4 Å². The van der Waals surface area contributed by atoms with Gasteiger partial charge in [0.2, 0.25) is 6.17 Å². The first-order valence-electron chi connectivity index (χ1n) is 9.88. The summed E-state index contributed by atoms with van der Waals surface area (Å²) in [5, 5.41) is 0. The predicted molar refractivity (Wildman–Crippen MR) is 112 cm³/mol. The lowest BCUT2D eigenvalue weighted by molar-refractivity contribution is 0.307. The average molecular weight is 346 g/mol. The van der Waals surface area contributed by atoms with E-state index >= 15 is 0 Å². The van der Waals surface area contributed by atoms with Crippen LogP contribution in [0.3, 0.4) is 0 Å². The fourth-order valence-electron chi connectivity index (χ4n) is 3.82. The summed E-state index contributed by atoms with van der Waals surface area (Å²) in [4.78, 5) is 9.18. The van der Waals surface area contributed by atoms with Gasteiger partial charge in [-0.15, -0.1) is 0 Å². The number of rotatable bonds is 10. The molecule has 0 spiro atoms. The molecule has 1 atom stereocenters. The maximum Gasteiger partial charge on any atom is 0.244 e. The van der Waals surface area contributed by atoms with Crippen LogP contribution in [0.5, 0.6) is 0 Å². The molecule has 26 heavy (non-hydrogen) atoms. The third-order valence-corrected chi connectivity index (χ3v) is 5.18. The fraction of sp³-hybridized carbons (Fsp3) is 0.375. The van der Waals surface area contributed by atoms with Gasteiger partial charge in [-0.25, -0.2) is 0 Å². The number of unbranched alkanes of at least 4 members (excludes halogenated alkanes) is 2. The lowest BCUT2D eigenvalue weighted by Gasteiger charge is -2.26. The highest BCUT2D eigenvalue weighted by Crippen LogP contribution is 2.35. The summed E-state index contributed by atoms with van der Waals surface area (Å²) in [6.45, 7) is 2.26. The van der Waals surface area contributed by atoms with Crippen LogP contribution in [0.2, 0.25) is 0 Å². The van der Waals surface area contributed by atoms with Crippen molar-refractivity contribution in [3.8, 4) is 0 Å². The van der Waals surface area contributed by atoms with Gasteiger partial charge in [-0.1, -0.05) is 96.8 Å². The number of benzene rings is 2. The summed E-state index contributed by atoms with van der Waals surface area (Å²) in [5.41, 5.74) is 2.81. The summed E-state index contributed by atoms with van der Waals surface area (Å²) in [6.07, 6.45) is 11.8. The van der Waals surface area contributed by atoms with Crippen LogP contribution in [-0.2, 0) is 12.8 Å². The third kappa shape index (κ3) is 5.32. The third-order valence-electron chi connectivity index (χ3n) is 5.18. The van der Waals surface area contributed by atoms with Crippen LogP contribution in [0.1, 0.15) is 43.7 Å². The van der Waals surface area contributed by atoms with E-state index in [4.69, 9.17) is 0 Å². The SMILES string of the molecule is CCCCCC([C+]1N=CC=N1)C(Cc1ccccc1)Cc1ccccc1. The molecule has 2 aromatic rings. The van der Waals surface area contributed by atoms with Crippen molar-refractivity contribution < 1.29 is 0 Å². The van der Waals surface area contributed by atoms with Crippen LogP contribution in [0, 0.1) is 18.0 Å². The molecule has 3 rings (SSSR count). The minimum Gasteiger partial charge on any atom is -0.0965 e. The van der Waals surface area contributed by atoms with Gasteiger partial charge in [0.05, 0.1) is 5.92 Å². The van der Waals surface area contributed by atoms with E-state index < -0.39 is 0 Å². The van der Waals surface area contributed by atoms with E-state index in [-0.39, 0.29) is 0 Å². The Morgan fingerprint density at radius 3 is 1.81 bits per heavy atom. The van der Waals surface area contributed by atoms with E-state index in [1.165, 1.54) is 36.8 Å².